The Morgan fingerprint density at radius 2 is 2.00 bits per heavy atom. The van der Waals surface area contributed by atoms with Gasteiger partial charge in [-0.2, -0.15) is 4.98 Å². The Balaban J connectivity index is 1.84. The molecule has 0 radical (unpaired) electrons. The smallest absolute Gasteiger partial charge is 0.302 e. The predicted octanol–water partition coefficient (Wildman–Crippen LogP) is 2.79. The highest BCUT2D eigenvalue weighted by atomic mass is 19.2. The molecule has 7 nitrogen and oxygen atoms in total. The first-order valence-electron chi connectivity index (χ1n) is 7.51. The molecule has 4 aromatic rings. The van der Waals surface area contributed by atoms with Crippen LogP contribution < -0.4 is 10.3 Å². The Bertz CT molecular complexity index is 1190. The average molecular weight is 355 g/mol. The third-order valence-corrected chi connectivity index (χ3v) is 3.66. The normalized spacial score (nSPS) is 11.0. The van der Waals surface area contributed by atoms with Crippen LogP contribution in [-0.2, 0) is 7.05 Å². The molecule has 0 unspecified atom stereocenters. The van der Waals surface area contributed by atoms with Crippen LogP contribution in [0.1, 0.15) is 0 Å². The summed E-state index contributed by atoms with van der Waals surface area (Å²) in [6.07, 6.45) is 4.82. The lowest BCUT2D eigenvalue weighted by atomic mass is 10.2. The largest absolute Gasteiger partial charge is 0.425 e. The molecule has 1 aromatic carbocycles. The number of halogens is 2. The van der Waals surface area contributed by atoms with Crippen molar-refractivity contribution in [1.29, 1.82) is 0 Å². The lowest BCUT2D eigenvalue weighted by molar-refractivity contribution is 0.431. The summed E-state index contributed by atoms with van der Waals surface area (Å²) in [6, 6.07) is 4.37. The molecule has 0 saturated heterocycles. The van der Waals surface area contributed by atoms with Gasteiger partial charge in [0.15, 0.2) is 11.6 Å². The quantitative estimate of drug-likeness (QED) is 0.611. The van der Waals surface area contributed by atoms with Gasteiger partial charge >= 0.3 is 6.01 Å². The Morgan fingerprint density at radius 3 is 2.73 bits per heavy atom. The van der Waals surface area contributed by atoms with Gasteiger partial charge in [-0.05, 0) is 18.2 Å². The predicted molar refractivity (Wildman–Crippen MR) is 88.8 cm³/mol. The van der Waals surface area contributed by atoms with Crippen LogP contribution >= 0.6 is 0 Å². The number of hydrogen-bond acceptors (Lipinski definition) is 5. The monoisotopic (exact) mass is 355 g/mol. The van der Waals surface area contributed by atoms with Crippen LogP contribution in [0, 0.1) is 11.6 Å². The summed E-state index contributed by atoms with van der Waals surface area (Å²) in [5.41, 5.74) is 0.777. The molecule has 9 heteroatoms. The molecular formula is C17H11F2N5O2. The highest BCUT2D eigenvalue weighted by Gasteiger charge is 2.14. The minimum Gasteiger partial charge on any atom is -0.425 e. The van der Waals surface area contributed by atoms with E-state index in [9.17, 15) is 13.6 Å². The van der Waals surface area contributed by atoms with Crippen molar-refractivity contribution in [2.24, 2.45) is 7.05 Å². The molecule has 0 fully saturated rings. The van der Waals surface area contributed by atoms with Crippen molar-refractivity contribution >= 4 is 10.9 Å². The molecule has 1 N–H and O–H groups in total. The van der Waals surface area contributed by atoms with E-state index in [4.69, 9.17) is 4.74 Å². The van der Waals surface area contributed by atoms with Crippen molar-refractivity contribution in [1.82, 2.24) is 24.5 Å². The molecule has 4 rings (SSSR count). The van der Waals surface area contributed by atoms with Crippen LogP contribution in [0.15, 0.2) is 47.8 Å². The van der Waals surface area contributed by atoms with Crippen molar-refractivity contribution in [2.45, 2.75) is 0 Å². The summed E-state index contributed by atoms with van der Waals surface area (Å²) < 4.78 is 33.5. The Hall–Kier alpha value is -3.62. The van der Waals surface area contributed by atoms with E-state index in [0.29, 0.717) is 16.8 Å². The highest BCUT2D eigenvalue weighted by Crippen LogP contribution is 2.25. The van der Waals surface area contributed by atoms with Gasteiger partial charge in [0.1, 0.15) is 22.7 Å². The average Bonchev–Trinajstić information content (AvgIpc) is 3.04. The molecule has 0 aliphatic heterocycles. The third-order valence-electron chi connectivity index (χ3n) is 3.66. The molecule has 0 spiro atoms. The number of nitrogens with zero attached hydrogens (tertiary/aromatic N) is 4. The molecule has 3 heterocycles. The first-order chi connectivity index (χ1) is 12.5. The van der Waals surface area contributed by atoms with Crippen molar-refractivity contribution in [3.8, 4) is 23.1 Å². The molecule has 0 aliphatic carbocycles. The number of aromatic nitrogens is 5. The van der Waals surface area contributed by atoms with Gasteiger partial charge in [0.2, 0.25) is 0 Å². The molecule has 130 valence electrons. The minimum atomic E-state index is -1.07. The van der Waals surface area contributed by atoms with Crippen molar-refractivity contribution in [2.75, 3.05) is 0 Å². The van der Waals surface area contributed by atoms with Crippen LogP contribution in [0.25, 0.3) is 22.3 Å². The maximum absolute atomic E-state index is 13.3. The second kappa shape index (κ2) is 6.03. The Morgan fingerprint density at radius 1 is 1.15 bits per heavy atom. The zero-order valence-electron chi connectivity index (χ0n) is 13.4. The maximum atomic E-state index is 13.3. The lowest BCUT2D eigenvalue weighted by Gasteiger charge is -2.07. The third kappa shape index (κ3) is 2.79. The van der Waals surface area contributed by atoms with Crippen LogP contribution in [0.4, 0.5) is 8.78 Å². The van der Waals surface area contributed by atoms with E-state index in [0.717, 1.165) is 12.1 Å². The van der Waals surface area contributed by atoms with E-state index in [1.54, 1.807) is 24.1 Å². The lowest BCUT2D eigenvalue weighted by Crippen LogP contribution is -2.10. The van der Waals surface area contributed by atoms with Crippen LogP contribution in [0.2, 0.25) is 0 Å². The summed E-state index contributed by atoms with van der Waals surface area (Å²) in [4.78, 5) is 27.5. The van der Waals surface area contributed by atoms with Gasteiger partial charge < -0.3 is 9.30 Å². The molecule has 0 saturated carbocycles. The number of benzene rings is 1. The fourth-order valence-corrected chi connectivity index (χ4v) is 2.47. The SMILES string of the molecule is Cn1cnc(-c2nccc3c(=O)[nH]c(Oc4ccc(F)c(F)c4)nc23)c1. The first kappa shape index (κ1) is 15.9. The summed E-state index contributed by atoms with van der Waals surface area (Å²) in [5, 5.41) is 0.304. The number of aryl methyl sites for hydroxylation is 1. The van der Waals surface area contributed by atoms with E-state index in [-0.39, 0.29) is 17.3 Å². The van der Waals surface area contributed by atoms with E-state index < -0.39 is 17.2 Å². The summed E-state index contributed by atoms with van der Waals surface area (Å²) in [5.74, 6) is -2.07. The van der Waals surface area contributed by atoms with Gasteiger partial charge in [-0.3, -0.25) is 14.8 Å². The van der Waals surface area contributed by atoms with E-state index in [2.05, 4.69) is 19.9 Å². The van der Waals surface area contributed by atoms with Gasteiger partial charge in [0.05, 0.1) is 11.7 Å². The van der Waals surface area contributed by atoms with Crippen molar-refractivity contribution in [3.63, 3.8) is 0 Å². The standard InChI is InChI=1S/C17H11F2N5O2/c1-24-7-13(21-8-24)15-14-10(4-5-20-15)16(25)23-17(22-14)26-9-2-3-11(18)12(19)6-9/h2-8H,1H3,(H,22,23,25). The Kier molecular flexibility index (Phi) is 3.68. The summed E-state index contributed by atoms with van der Waals surface area (Å²) >= 11 is 0. The number of ether oxygens (including phenoxy) is 1. The van der Waals surface area contributed by atoms with Gasteiger partial charge in [0.25, 0.3) is 5.56 Å². The summed E-state index contributed by atoms with van der Waals surface area (Å²) in [7, 11) is 1.81. The van der Waals surface area contributed by atoms with Gasteiger partial charge in [0, 0.05) is 25.5 Å². The molecule has 0 aliphatic rings. The number of nitrogens with one attached hydrogen (secondary N) is 1. The number of hydrogen-bond donors (Lipinski definition) is 1. The first-order valence-corrected chi connectivity index (χ1v) is 7.51. The fraction of sp³-hybridized carbons (Fsp3) is 0.0588. The molecule has 0 atom stereocenters. The van der Waals surface area contributed by atoms with E-state index in [1.165, 1.54) is 18.3 Å². The van der Waals surface area contributed by atoms with Crippen LogP contribution in [0.3, 0.4) is 0 Å². The second-order valence-electron chi connectivity index (χ2n) is 5.53. The molecule has 0 bridgehead atoms. The van der Waals surface area contributed by atoms with Crippen LogP contribution in [0.5, 0.6) is 11.8 Å². The molecule has 0 amide bonds. The second-order valence-corrected chi connectivity index (χ2v) is 5.53. The minimum absolute atomic E-state index is 0.00493. The van der Waals surface area contributed by atoms with E-state index >= 15 is 0 Å². The number of imidazole rings is 1. The van der Waals surface area contributed by atoms with E-state index in [1.807, 2.05) is 0 Å². The summed E-state index contributed by atoms with van der Waals surface area (Å²) in [6.45, 7) is 0. The molecule has 3 aromatic heterocycles. The van der Waals surface area contributed by atoms with Crippen LogP contribution in [-0.4, -0.2) is 24.5 Å². The topological polar surface area (TPSA) is 85.7 Å². The zero-order valence-corrected chi connectivity index (χ0v) is 13.4. The van der Waals surface area contributed by atoms with Gasteiger partial charge in [-0.25, -0.2) is 13.8 Å². The van der Waals surface area contributed by atoms with Gasteiger partial charge in [-0.1, -0.05) is 0 Å². The van der Waals surface area contributed by atoms with Crippen molar-refractivity contribution in [3.05, 3.63) is 65.0 Å². The number of fused-ring (bicyclic) bond motifs is 1. The molecule has 26 heavy (non-hydrogen) atoms. The van der Waals surface area contributed by atoms with Crippen molar-refractivity contribution < 1.29 is 13.5 Å². The number of rotatable bonds is 3. The fourth-order valence-electron chi connectivity index (χ4n) is 2.47. The van der Waals surface area contributed by atoms with Gasteiger partial charge in [-0.15, -0.1) is 0 Å². The highest BCUT2D eigenvalue weighted by molar-refractivity contribution is 5.89. The molecular weight excluding hydrogens is 344 g/mol. The number of pyridine rings is 1. The number of aromatic amines is 1. The maximum Gasteiger partial charge on any atom is 0.302 e. The number of H-pyrrole nitrogens is 1. The zero-order chi connectivity index (χ0) is 18.3. The Labute approximate surface area is 144 Å².